The van der Waals surface area contributed by atoms with Crippen molar-refractivity contribution in [1.82, 2.24) is 24.4 Å². The minimum Gasteiger partial charge on any atom is -0.481 e. The number of pyridine rings is 2. The summed E-state index contributed by atoms with van der Waals surface area (Å²) in [4.78, 5) is 29.2. The molecule has 2 N–H and O–H groups in total. The van der Waals surface area contributed by atoms with Crippen LogP contribution in [0, 0.1) is 0 Å². The van der Waals surface area contributed by atoms with Crippen molar-refractivity contribution in [2.45, 2.75) is 38.8 Å². The van der Waals surface area contributed by atoms with Gasteiger partial charge in [-0.1, -0.05) is 6.92 Å². The normalized spacial score (nSPS) is 14.9. The standard InChI is InChI=1S/C25H34N6O4/c1-3-13-35-14-11-31-21-15-19(18-4-5-22(34-2)26-16-18)17-27-23(21)29-24(25(31)33)28-20-6-8-30(9-7-20)10-12-32/h4-5,15-17,20,32H,3,6-14H2,1-2H3,(H,27,28,29). The second-order valence-corrected chi connectivity index (χ2v) is 8.67. The molecule has 35 heavy (non-hydrogen) atoms. The number of hydrogen-bond donors (Lipinski definition) is 2. The number of aliphatic hydroxyl groups excluding tert-OH is 1. The lowest BCUT2D eigenvalue weighted by Crippen LogP contribution is -2.41. The van der Waals surface area contributed by atoms with Crippen molar-refractivity contribution in [3.8, 4) is 17.0 Å². The van der Waals surface area contributed by atoms with Crippen molar-refractivity contribution in [3.63, 3.8) is 0 Å². The number of methoxy groups -OCH3 is 1. The summed E-state index contributed by atoms with van der Waals surface area (Å²) in [7, 11) is 1.58. The van der Waals surface area contributed by atoms with E-state index in [9.17, 15) is 4.79 Å². The third kappa shape index (κ3) is 6.14. The highest BCUT2D eigenvalue weighted by Gasteiger charge is 2.21. The van der Waals surface area contributed by atoms with Crippen LogP contribution in [-0.2, 0) is 11.3 Å². The molecule has 1 saturated heterocycles. The maximum absolute atomic E-state index is 13.5. The largest absolute Gasteiger partial charge is 0.481 e. The predicted octanol–water partition coefficient (Wildman–Crippen LogP) is 2.16. The maximum atomic E-state index is 13.5. The maximum Gasteiger partial charge on any atom is 0.293 e. The van der Waals surface area contributed by atoms with E-state index in [0.29, 0.717) is 49.2 Å². The van der Waals surface area contributed by atoms with Crippen molar-refractivity contribution >= 4 is 17.0 Å². The van der Waals surface area contributed by atoms with Crippen LogP contribution in [0.5, 0.6) is 5.88 Å². The van der Waals surface area contributed by atoms with Crippen LogP contribution in [-0.4, -0.2) is 82.1 Å². The molecule has 188 valence electrons. The van der Waals surface area contributed by atoms with Crippen LogP contribution >= 0.6 is 0 Å². The number of hydrogen-bond acceptors (Lipinski definition) is 9. The Bertz CT molecular complexity index is 1160. The quantitative estimate of drug-likeness (QED) is 0.397. The Hall–Kier alpha value is -3.08. The Kier molecular flexibility index (Phi) is 8.62. The molecular weight excluding hydrogens is 448 g/mol. The predicted molar refractivity (Wildman–Crippen MR) is 135 cm³/mol. The number of aromatic nitrogens is 4. The summed E-state index contributed by atoms with van der Waals surface area (Å²) in [5.41, 5.74) is 2.70. The summed E-state index contributed by atoms with van der Waals surface area (Å²) in [5, 5.41) is 12.5. The summed E-state index contributed by atoms with van der Waals surface area (Å²) < 4.78 is 12.5. The van der Waals surface area contributed by atoms with Gasteiger partial charge in [0.1, 0.15) is 0 Å². The van der Waals surface area contributed by atoms with Gasteiger partial charge in [0.05, 0.1) is 25.8 Å². The molecule has 0 radical (unpaired) electrons. The second-order valence-electron chi connectivity index (χ2n) is 8.67. The molecule has 0 saturated carbocycles. The number of nitrogens with zero attached hydrogens (tertiary/aromatic N) is 5. The minimum atomic E-state index is -0.179. The van der Waals surface area contributed by atoms with E-state index in [1.165, 1.54) is 0 Å². The summed E-state index contributed by atoms with van der Waals surface area (Å²) in [6.07, 6.45) is 6.16. The van der Waals surface area contributed by atoms with Crippen LogP contribution in [0.2, 0.25) is 0 Å². The lowest BCUT2D eigenvalue weighted by atomic mass is 10.1. The molecule has 4 rings (SSSR count). The van der Waals surface area contributed by atoms with Crippen molar-refractivity contribution in [1.29, 1.82) is 0 Å². The molecule has 0 aromatic carbocycles. The van der Waals surface area contributed by atoms with Crippen LogP contribution in [0.25, 0.3) is 22.3 Å². The highest BCUT2D eigenvalue weighted by molar-refractivity contribution is 5.78. The molecule has 0 bridgehead atoms. The van der Waals surface area contributed by atoms with Crippen molar-refractivity contribution < 1.29 is 14.6 Å². The van der Waals surface area contributed by atoms with Crippen molar-refractivity contribution in [3.05, 3.63) is 40.9 Å². The van der Waals surface area contributed by atoms with E-state index >= 15 is 0 Å². The van der Waals surface area contributed by atoms with Crippen LogP contribution in [0.15, 0.2) is 35.4 Å². The van der Waals surface area contributed by atoms with Crippen LogP contribution in [0.1, 0.15) is 26.2 Å². The van der Waals surface area contributed by atoms with Gasteiger partial charge in [0.15, 0.2) is 11.5 Å². The number of rotatable bonds is 11. The average Bonchev–Trinajstić information content (AvgIpc) is 2.89. The highest BCUT2D eigenvalue weighted by atomic mass is 16.5. The number of ether oxygens (including phenoxy) is 2. The summed E-state index contributed by atoms with van der Waals surface area (Å²) in [5.74, 6) is 0.854. The molecule has 0 spiro atoms. The molecule has 10 heteroatoms. The molecule has 0 aliphatic carbocycles. The molecule has 1 aliphatic heterocycles. The number of nitrogens with one attached hydrogen (secondary N) is 1. The van der Waals surface area contributed by atoms with Crippen LogP contribution < -0.4 is 15.6 Å². The van der Waals surface area contributed by atoms with Gasteiger partial charge in [0, 0.05) is 68.4 Å². The van der Waals surface area contributed by atoms with Gasteiger partial charge in [-0.3, -0.25) is 9.36 Å². The molecule has 0 atom stereocenters. The Morgan fingerprint density at radius 3 is 2.60 bits per heavy atom. The first kappa shape index (κ1) is 25.0. The number of fused-ring (bicyclic) bond motifs is 1. The minimum absolute atomic E-state index is 0.150. The van der Waals surface area contributed by atoms with Gasteiger partial charge in [0.2, 0.25) is 5.88 Å². The van der Waals surface area contributed by atoms with Gasteiger partial charge in [-0.25, -0.2) is 15.0 Å². The van der Waals surface area contributed by atoms with E-state index in [0.717, 1.165) is 43.5 Å². The van der Waals surface area contributed by atoms with Gasteiger partial charge in [-0.2, -0.15) is 0 Å². The number of anilines is 1. The number of piperidine rings is 1. The zero-order valence-electron chi connectivity index (χ0n) is 20.4. The van der Waals surface area contributed by atoms with Gasteiger partial charge < -0.3 is 24.8 Å². The zero-order valence-corrected chi connectivity index (χ0v) is 20.4. The fourth-order valence-corrected chi connectivity index (χ4v) is 4.31. The van der Waals surface area contributed by atoms with Crippen LogP contribution in [0.3, 0.4) is 0 Å². The Balaban J connectivity index is 1.64. The Morgan fingerprint density at radius 1 is 1.11 bits per heavy atom. The molecule has 0 unspecified atom stereocenters. The average molecular weight is 483 g/mol. The van der Waals surface area contributed by atoms with Crippen molar-refractivity contribution in [2.24, 2.45) is 0 Å². The molecule has 1 fully saturated rings. The highest BCUT2D eigenvalue weighted by Crippen LogP contribution is 2.23. The van der Waals surface area contributed by atoms with E-state index in [-0.39, 0.29) is 18.2 Å². The SMILES string of the molecule is CCCOCCn1c(=O)c(NC2CCN(CCO)CC2)nc2ncc(-c3ccc(OC)nc3)cc21. The number of β-amino-alcohol motifs (C(OH)–C–C–N with tert-alkyl or cyclic N) is 1. The zero-order chi connectivity index (χ0) is 24.6. The summed E-state index contributed by atoms with van der Waals surface area (Å²) in [6, 6.07) is 5.78. The first-order chi connectivity index (χ1) is 17.1. The van der Waals surface area contributed by atoms with E-state index in [1.54, 1.807) is 30.1 Å². The van der Waals surface area contributed by atoms with Crippen LogP contribution in [0.4, 0.5) is 5.82 Å². The molecule has 10 nitrogen and oxygen atoms in total. The lowest BCUT2D eigenvalue weighted by Gasteiger charge is -2.32. The second kappa shape index (κ2) is 12.1. The monoisotopic (exact) mass is 482 g/mol. The number of aliphatic hydroxyl groups is 1. The van der Waals surface area contributed by atoms with Crippen molar-refractivity contribution in [2.75, 3.05) is 51.9 Å². The van der Waals surface area contributed by atoms with Gasteiger partial charge >= 0.3 is 0 Å². The van der Waals surface area contributed by atoms with E-state index in [1.807, 2.05) is 12.1 Å². The molecule has 3 aromatic rings. The third-order valence-corrected chi connectivity index (χ3v) is 6.23. The van der Waals surface area contributed by atoms with E-state index in [4.69, 9.17) is 14.6 Å². The Morgan fingerprint density at radius 2 is 1.91 bits per heavy atom. The number of likely N-dealkylation sites (tertiary alicyclic amines) is 1. The van der Waals surface area contributed by atoms with E-state index in [2.05, 4.69) is 32.1 Å². The topological polar surface area (TPSA) is 115 Å². The van der Waals surface area contributed by atoms with Gasteiger partial charge in [-0.05, 0) is 31.4 Å². The fraction of sp³-hybridized carbons (Fsp3) is 0.520. The first-order valence-corrected chi connectivity index (χ1v) is 12.2. The molecular formula is C25H34N6O4. The first-order valence-electron chi connectivity index (χ1n) is 12.2. The third-order valence-electron chi connectivity index (χ3n) is 6.23. The fourth-order valence-electron chi connectivity index (χ4n) is 4.31. The van der Waals surface area contributed by atoms with Gasteiger partial charge in [0.25, 0.3) is 5.56 Å². The molecule has 4 heterocycles. The summed E-state index contributed by atoms with van der Waals surface area (Å²) >= 11 is 0. The summed E-state index contributed by atoms with van der Waals surface area (Å²) in [6.45, 7) is 6.15. The van der Waals surface area contributed by atoms with E-state index < -0.39 is 0 Å². The molecule has 1 aliphatic rings. The molecule has 0 amide bonds. The molecule has 3 aromatic heterocycles. The lowest BCUT2D eigenvalue weighted by molar-refractivity contribution is 0.127. The smallest absolute Gasteiger partial charge is 0.293 e. The van der Waals surface area contributed by atoms with Gasteiger partial charge in [-0.15, -0.1) is 0 Å². The Labute approximate surface area is 204 Å².